The Kier molecular flexibility index (Phi) is 4.82. The summed E-state index contributed by atoms with van der Waals surface area (Å²) in [7, 11) is 1.55. The Morgan fingerprint density at radius 2 is 2.44 bits per heavy atom. The second-order valence-corrected chi connectivity index (χ2v) is 1.19. The van der Waals surface area contributed by atoms with E-state index in [4.69, 9.17) is 4.74 Å². The van der Waals surface area contributed by atoms with E-state index in [1.807, 2.05) is 0 Å². The van der Waals surface area contributed by atoms with Gasteiger partial charge in [-0.05, 0) is 0 Å². The average Bonchev–Trinajstić information content (AvgIpc) is 1.90. The molecule has 0 fully saturated rings. The predicted octanol–water partition coefficient (Wildman–Crippen LogP) is 0.283. The van der Waals surface area contributed by atoms with E-state index in [-0.39, 0.29) is 32.7 Å². The van der Waals surface area contributed by atoms with Crippen LogP contribution in [0.1, 0.15) is 0 Å². The van der Waals surface area contributed by atoms with E-state index in [0.29, 0.717) is 5.88 Å². The molecule has 0 atom stereocenters. The number of hydrogen-bond donors (Lipinski definition) is 0. The fourth-order valence-corrected chi connectivity index (χ4v) is 0.360. The first kappa shape index (κ1) is 8.98. The van der Waals surface area contributed by atoms with Crippen molar-refractivity contribution in [3.05, 3.63) is 18.6 Å². The molecule has 4 heteroatoms. The molecule has 0 N–H and O–H groups in total. The van der Waals surface area contributed by atoms with Crippen LogP contribution >= 0.6 is 0 Å². The van der Waals surface area contributed by atoms with Gasteiger partial charge >= 0.3 is 0 Å². The van der Waals surface area contributed by atoms with Crippen LogP contribution in [-0.2, 0) is 32.7 Å². The molecular weight excluding hydrogens is 193 g/mol. The van der Waals surface area contributed by atoms with Crippen LogP contribution in [0.2, 0.25) is 0 Å². The van der Waals surface area contributed by atoms with Crippen LogP contribution in [0.3, 0.4) is 0 Å². The number of hydrogen-bond acceptors (Lipinski definition) is 3. The third-order valence-corrected chi connectivity index (χ3v) is 0.714. The SMILES string of the molecule is COc1c[c-]ncn1.[Y]. The summed E-state index contributed by atoms with van der Waals surface area (Å²) in [5, 5.41) is 0. The number of methoxy groups -OCH3 is 1. The van der Waals surface area contributed by atoms with Crippen molar-refractivity contribution in [2.75, 3.05) is 7.11 Å². The van der Waals surface area contributed by atoms with Crippen LogP contribution < -0.4 is 4.74 Å². The maximum atomic E-state index is 4.73. The van der Waals surface area contributed by atoms with E-state index in [9.17, 15) is 0 Å². The van der Waals surface area contributed by atoms with Gasteiger partial charge in [0.2, 0.25) is 0 Å². The molecule has 0 saturated carbocycles. The van der Waals surface area contributed by atoms with Crippen molar-refractivity contribution in [3.8, 4) is 5.88 Å². The molecule has 1 radical (unpaired) electrons. The van der Waals surface area contributed by atoms with E-state index < -0.39 is 0 Å². The number of aromatic nitrogens is 2. The van der Waals surface area contributed by atoms with Gasteiger partial charge in [0.05, 0.1) is 13.0 Å². The topological polar surface area (TPSA) is 35.0 Å². The number of nitrogens with zero attached hydrogens (tertiary/aromatic N) is 2. The van der Waals surface area contributed by atoms with Crippen LogP contribution in [0.25, 0.3) is 0 Å². The molecule has 0 spiro atoms. The largest absolute Gasteiger partial charge is 0.538 e. The van der Waals surface area contributed by atoms with Crippen LogP contribution in [0.5, 0.6) is 5.88 Å². The molecule has 0 aliphatic carbocycles. The Labute approximate surface area is 78.7 Å². The zero-order valence-electron chi connectivity index (χ0n) is 5.03. The molecule has 1 heterocycles. The van der Waals surface area contributed by atoms with Gasteiger partial charge < -0.3 is 14.7 Å². The van der Waals surface area contributed by atoms with Gasteiger partial charge in [-0.3, -0.25) is 0 Å². The van der Waals surface area contributed by atoms with Gasteiger partial charge in [0.1, 0.15) is 0 Å². The van der Waals surface area contributed by atoms with Gasteiger partial charge in [-0.1, -0.05) is 12.3 Å². The summed E-state index contributed by atoms with van der Waals surface area (Å²) < 4.78 is 4.73. The fraction of sp³-hybridized carbons (Fsp3) is 0.200. The summed E-state index contributed by atoms with van der Waals surface area (Å²) in [4.78, 5) is 7.31. The molecule has 0 aliphatic heterocycles. The monoisotopic (exact) mass is 198 g/mol. The van der Waals surface area contributed by atoms with Gasteiger partial charge in [-0.2, -0.15) is 0 Å². The Morgan fingerprint density at radius 3 is 2.78 bits per heavy atom. The van der Waals surface area contributed by atoms with Crippen molar-refractivity contribution in [1.82, 2.24) is 9.97 Å². The maximum absolute atomic E-state index is 4.73. The third-order valence-electron chi connectivity index (χ3n) is 0.714. The quantitative estimate of drug-likeness (QED) is 0.608. The van der Waals surface area contributed by atoms with Crippen LogP contribution in [0.4, 0.5) is 0 Å². The van der Waals surface area contributed by atoms with Gasteiger partial charge in [0.15, 0.2) is 0 Å². The smallest absolute Gasteiger partial charge is 0.0992 e. The molecular formula is C5H5N2OY-. The fourth-order valence-electron chi connectivity index (χ4n) is 0.360. The zero-order chi connectivity index (χ0) is 5.82. The van der Waals surface area contributed by atoms with Crippen molar-refractivity contribution in [3.63, 3.8) is 0 Å². The molecule has 3 nitrogen and oxygen atoms in total. The second-order valence-electron chi connectivity index (χ2n) is 1.19. The molecule has 0 aromatic carbocycles. The molecule has 9 heavy (non-hydrogen) atoms. The van der Waals surface area contributed by atoms with E-state index in [1.54, 1.807) is 13.2 Å². The van der Waals surface area contributed by atoms with Crippen LogP contribution in [0, 0.1) is 6.20 Å². The van der Waals surface area contributed by atoms with Gasteiger partial charge in [0, 0.05) is 39.0 Å². The normalized spacial score (nSPS) is 7.67. The first-order chi connectivity index (χ1) is 3.93. The molecule has 0 amide bonds. The van der Waals surface area contributed by atoms with Crippen molar-refractivity contribution in [2.45, 2.75) is 0 Å². The average molecular weight is 198 g/mol. The summed E-state index contributed by atoms with van der Waals surface area (Å²) in [5.74, 6) is 0.542. The number of rotatable bonds is 1. The van der Waals surface area contributed by atoms with Gasteiger partial charge in [-0.15, -0.1) is 0 Å². The minimum absolute atomic E-state index is 0. The van der Waals surface area contributed by atoms with E-state index >= 15 is 0 Å². The molecule has 45 valence electrons. The van der Waals surface area contributed by atoms with Crippen molar-refractivity contribution in [2.24, 2.45) is 0 Å². The Bertz CT molecular complexity index is 156. The Morgan fingerprint density at radius 1 is 1.67 bits per heavy atom. The van der Waals surface area contributed by atoms with Crippen LogP contribution in [-0.4, -0.2) is 17.1 Å². The Hall–Kier alpha value is -0.0161. The second kappa shape index (κ2) is 4.82. The first-order valence-electron chi connectivity index (χ1n) is 2.15. The van der Waals surface area contributed by atoms with Crippen molar-refractivity contribution >= 4 is 0 Å². The maximum Gasteiger partial charge on any atom is 0.0992 e. The predicted molar refractivity (Wildman–Crippen MR) is 27.4 cm³/mol. The van der Waals surface area contributed by atoms with Gasteiger partial charge in [-0.25, -0.2) is 0 Å². The molecule has 1 rings (SSSR count). The third kappa shape index (κ3) is 2.87. The Balaban J connectivity index is 0.000000640. The summed E-state index contributed by atoms with van der Waals surface area (Å²) >= 11 is 0. The first-order valence-corrected chi connectivity index (χ1v) is 2.15. The molecule has 0 unspecified atom stereocenters. The molecule has 0 saturated heterocycles. The summed E-state index contributed by atoms with van der Waals surface area (Å²) in [6.45, 7) is 0. The standard InChI is InChI=1S/C5H5N2O.Y/c1-8-5-2-3-6-4-7-5;/h2,4H,1H3;/q-1;. The molecule has 0 bridgehead atoms. The summed E-state index contributed by atoms with van der Waals surface area (Å²) in [6.07, 6.45) is 3.96. The molecule has 0 aliphatic rings. The molecule has 1 aromatic rings. The number of ether oxygens (including phenoxy) is 1. The summed E-state index contributed by atoms with van der Waals surface area (Å²) in [6, 6.07) is 1.57. The minimum Gasteiger partial charge on any atom is -0.538 e. The minimum atomic E-state index is 0. The zero-order valence-corrected chi connectivity index (χ0v) is 7.87. The van der Waals surface area contributed by atoms with Gasteiger partial charge in [0.25, 0.3) is 0 Å². The van der Waals surface area contributed by atoms with Crippen molar-refractivity contribution < 1.29 is 37.4 Å². The van der Waals surface area contributed by atoms with Crippen LogP contribution in [0.15, 0.2) is 12.4 Å². The van der Waals surface area contributed by atoms with E-state index in [0.717, 1.165) is 0 Å². The van der Waals surface area contributed by atoms with Crippen molar-refractivity contribution in [1.29, 1.82) is 0 Å². The van der Waals surface area contributed by atoms with E-state index in [1.165, 1.54) is 6.33 Å². The molecule has 1 aromatic heterocycles. The van der Waals surface area contributed by atoms with E-state index in [2.05, 4.69) is 16.2 Å². The summed E-state index contributed by atoms with van der Waals surface area (Å²) in [5.41, 5.74) is 0.